The van der Waals surface area contributed by atoms with Crippen molar-refractivity contribution in [3.8, 4) is 34.2 Å². The summed E-state index contributed by atoms with van der Waals surface area (Å²) >= 11 is 0. The molecular weight excluding hydrogens is 556 g/mol. The van der Waals surface area contributed by atoms with Crippen molar-refractivity contribution < 1.29 is 31.9 Å². The fourth-order valence-corrected chi connectivity index (χ4v) is 4.65. The van der Waals surface area contributed by atoms with E-state index in [1.807, 2.05) is 0 Å². The smallest absolute Gasteiger partial charge is 0.411 e. The number of hydrogen-bond donors (Lipinski definition) is 4. The minimum Gasteiger partial charge on any atom is -0.496 e. The van der Waals surface area contributed by atoms with Gasteiger partial charge in [-0.3, -0.25) is 9.59 Å². The number of nitriles is 1. The van der Waals surface area contributed by atoms with Gasteiger partial charge in [0.05, 0.1) is 34.8 Å². The predicted octanol–water partition coefficient (Wildman–Crippen LogP) is 5.61. The van der Waals surface area contributed by atoms with Gasteiger partial charge in [0.2, 0.25) is 0 Å². The lowest BCUT2D eigenvalue weighted by molar-refractivity contribution is -0.163. The number of fused-ring (bicyclic) bond motifs is 1. The molecule has 0 bridgehead atoms. The number of benzene rings is 2. The Morgan fingerprint density at radius 1 is 1.17 bits per heavy atom. The van der Waals surface area contributed by atoms with E-state index >= 15 is 0 Å². The highest BCUT2D eigenvalue weighted by Crippen LogP contribution is 2.49. The van der Waals surface area contributed by atoms with Gasteiger partial charge in [0.1, 0.15) is 23.2 Å². The number of nitrogens with two attached hydrogens (primary N) is 1. The summed E-state index contributed by atoms with van der Waals surface area (Å²) in [7, 11) is 1.28. The maximum absolute atomic E-state index is 13.4. The van der Waals surface area contributed by atoms with Crippen molar-refractivity contribution in [2.75, 3.05) is 18.2 Å². The number of nitrogens with one attached hydrogen (secondary N) is 3. The second-order valence-corrected chi connectivity index (χ2v) is 9.68. The van der Waals surface area contributed by atoms with E-state index in [4.69, 9.17) is 10.5 Å². The molecule has 1 fully saturated rings. The molecule has 0 unspecified atom stereocenters. The van der Waals surface area contributed by atoms with Crippen molar-refractivity contribution in [2.45, 2.75) is 24.6 Å². The molecule has 1 saturated carbocycles. The summed E-state index contributed by atoms with van der Waals surface area (Å²) < 4.78 is 58.9. The number of carbonyl (C=O) groups excluding carboxylic acids is 2. The maximum atomic E-state index is 13.4. The van der Waals surface area contributed by atoms with Crippen LogP contribution < -0.4 is 21.1 Å². The van der Waals surface area contributed by atoms with E-state index in [1.54, 1.807) is 12.1 Å². The Morgan fingerprint density at radius 2 is 1.83 bits per heavy atom. The van der Waals surface area contributed by atoms with Gasteiger partial charge in [-0.2, -0.15) is 18.4 Å². The number of rotatable bonds is 7. The molecule has 5 rings (SSSR count). The van der Waals surface area contributed by atoms with Crippen molar-refractivity contribution in [1.29, 1.82) is 5.26 Å². The number of aromatic amines is 1. The summed E-state index contributed by atoms with van der Waals surface area (Å²) in [6.45, 7) is 2.96. The largest absolute Gasteiger partial charge is 0.496 e. The van der Waals surface area contributed by atoms with Crippen LogP contribution in [0.25, 0.3) is 33.3 Å². The zero-order valence-corrected chi connectivity index (χ0v) is 21.9. The highest BCUT2D eigenvalue weighted by molar-refractivity contribution is 6.11. The summed E-state index contributed by atoms with van der Waals surface area (Å²) in [5.41, 5.74) is 6.74. The average Bonchev–Trinajstić information content (AvgIpc) is 3.64. The molecule has 1 aliphatic carbocycles. The predicted molar refractivity (Wildman–Crippen MR) is 147 cm³/mol. The van der Waals surface area contributed by atoms with Crippen LogP contribution in [0.5, 0.6) is 5.75 Å². The third kappa shape index (κ3) is 4.87. The van der Waals surface area contributed by atoms with Crippen LogP contribution in [0.15, 0.2) is 61.1 Å². The molecule has 2 aromatic heterocycles. The molecule has 42 heavy (non-hydrogen) atoms. The maximum Gasteiger partial charge on any atom is 0.411 e. The number of pyridine rings is 1. The Hall–Kier alpha value is -5.38. The summed E-state index contributed by atoms with van der Waals surface area (Å²) in [5.74, 6) is -2.98. The molecular formula is C29H22F4N6O3. The SMILES string of the molecule is C=C(F)C(=O)Nc1ccc(-c2[nH]c3c(C#N)cnc(N)c3c2-c2ccc(C(=O)NC3(C(F)(F)F)CC3)c(OC)c2)cc1. The highest BCUT2D eigenvalue weighted by atomic mass is 19.4. The zero-order valence-electron chi connectivity index (χ0n) is 21.9. The van der Waals surface area contributed by atoms with Gasteiger partial charge in [-0.25, -0.2) is 9.37 Å². The van der Waals surface area contributed by atoms with Crippen molar-refractivity contribution in [3.05, 3.63) is 72.2 Å². The minimum atomic E-state index is -4.59. The molecule has 0 spiro atoms. The number of alkyl halides is 3. The van der Waals surface area contributed by atoms with E-state index in [-0.39, 0.29) is 35.5 Å². The number of ether oxygens (including phenoxy) is 1. The van der Waals surface area contributed by atoms with Crippen LogP contribution in [-0.2, 0) is 4.79 Å². The number of H-pyrrole nitrogens is 1. The van der Waals surface area contributed by atoms with E-state index in [0.717, 1.165) is 0 Å². The van der Waals surface area contributed by atoms with Crippen molar-refractivity contribution in [3.63, 3.8) is 0 Å². The normalized spacial score (nSPS) is 13.7. The van der Waals surface area contributed by atoms with Gasteiger partial charge in [0.15, 0.2) is 5.83 Å². The highest BCUT2D eigenvalue weighted by Gasteiger charge is 2.64. The number of nitrogens with zero attached hydrogens (tertiary/aromatic N) is 2. The van der Waals surface area contributed by atoms with Crippen molar-refractivity contribution in [1.82, 2.24) is 15.3 Å². The molecule has 0 atom stereocenters. The van der Waals surface area contributed by atoms with E-state index in [0.29, 0.717) is 39.0 Å². The Bertz CT molecular complexity index is 1800. The van der Waals surface area contributed by atoms with Gasteiger partial charge < -0.3 is 26.1 Å². The third-order valence-corrected chi connectivity index (χ3v) is 7.04. The second-order valence-electron chi connectivity index (χ2n) is 9.68. The number of halogens is 4. The van der Waals surface area contributed by atoms with Gasteiger partial charge in [0, 0.05) is 17.4 Å². The Balaban J connectivity index is 1.62. The van der Waals surface area contributed by atoms with Crippen LogP contribution in [0.2, 0.25) is 0 Å². The van der Waals surface area contributed by atoms with Gasteiger partial charge in [-0.05, 0) is 48.2 Å². The lowest BCUT2D eigenvalue weighted by Gasteiger charge is -2.21. The second kappa shape index (κ2) is 10.2. The minimum absolute atomic E-state index is 0.00996. The zero-order chi connectivity index (χ0) is 30.4. The Morgan fingerprint density at radius 3 is 2.40 bits per heavy atom. The topological polar surface area (TPSA) is 146 Å². The van der Waals surface area contributed by atoms with Gasteiger partial charge >= 0.3 is 6.18 Å². The molecule has 5 N–H and O–H groups in total. The number of carbonyl (C=O) groups is 2. The quantitative estimate of drug-likeness (QED) is 0.166. The molecule has 2 amide bonds. The van der Waals surface area contributed by atoms with Crippen LogP contribution in [0.1, 0.15) is 28.8 Å². The molecule has 13 heteroatoms. The number of nitrogen functional groups attached to an aromatic ring is 1. The lowest BCUT2D eigenvalue weighted by Crippen LogP contribution is -2.47. The van der Waals surface area contributed by atoms with Gasteiger partial charge in [-0.1, -0.05) is 24.8 Å². The van der Waals surface area contributed by atoms with Crippen molar-refractivity contribution >= 4 is 34.2 Å². The summed E-state index contributed by atoms with van der Waals surface area (Å²) in [6, 6.07) is 12.7. The van der Waals surface area contributed by atoms with Gasteiger partial charge in [0.25, 0.3) is 11.8 Å². The molecule has 1 aliphatic rings. The summed E-state index contributed by atoms with van der Waals surface area (Å²) in [6.07, 6.45) is -3.69. The number of methoxy groups -OCH3 is 1. The Labute approximate surface area is 236 Å². The van der Waals surface area contributed by atoms with Gasteiger partial charge in [-0.15, -0.1) is 0 Å². The molecule has 214 valence electrons. The third-order valence-electron chi connectivity index (χ3n) is 7.04. The van der Waals surface area contributed by atoms with Crippen LogP contribution in [0, 0.1) is 11.3 Å². The first-order chi connectivity index (χ1) is 19.9. The molecule has 0 saturated heterocycles. The fourth-order valence-electron chi connectivity index (χ4n) is 4.65. The van der Waals surface area contributed by atoms with E-state index in [2.05, 4.69) is 33.2 Å². The summed E-state index contributed by atoms with van der Waals surface area (Å²) in [4.78, 5) is 31.9. The molecule has 9 nitrogen and oxygen atoms in total. The molecule has 0 radical (unpaired) electrons. The van der Waals surface area contributed by atoms with E-state index in [1.165, 1.54) is 43.6 Å². The monoisotopic (exact) mass is 578 g/mol. The lowest BCUT2D eigenvalue weighted by atomic mass is 9.96. The number of amides is 2. The fraction of sp³-hybridized carbons (Fsp3) is 0.172. The average molecular weight is 579 g/mol. The van der Waals surface area contributed by atoms with E-state index < -0.39 is 29.4 Å². The van der Waals surface area contributed by atoms with E-state index in [9.17, 15) is 32.4 Å². The number of anilines is 2. The molecule has 0 aliphatic heterocycles. The van der Waals surface area contributed by atoms with Crippen molar-refractivity contribution in [2.24, 2.45) is 0 Å². The Kier molecular flexibility index (Phi) is 6.85. The summed E-state index contributed by atoms with van der Waals surface area (Å²) in [5, 5.41) is 14.5. The molecule has 4 aromatic rings. The molecule has 2 aromatic carbocycles. The van der Waals surface area contributed by atoms with Crippen LogP contribution in [0.4, 0.5) is 29.1 Å². The standard InChI is InChI=1S/C29H22F4N6O3/c1-14(30)26(40)37-18-6-3-15(4-7-18)23-21(22-24(38-23)17(12-34)13-36-25(22)35)16-5-8-19(20(11-16)42-2)27(41)39-28(9-10-28)29(31,32)33/h3-8,11,13,38H,1,9-10H2,2H3,(H2,35,36)(H,37,40)(H,39,41). The number of hydrogen-bond acceptors (Lipinski definition) is 6. The first-order valence-electron chi connectivity index (χ1n) is 12.4. The molecule has 2 heterocycles. The van der Waals surface area contributed by atoms with Crippen LogP contribution in [0.3, 0.4) is 0 Å². The first-order valence-corrected chi connectivity index (χ1v) is 12.4. The first kappa shape index (κ1) is 28.2. The van der Waals surface area contributed by atoms with Crippen LogP contribution >= 0.6 is 0 Å². The van der Waals surface area contributed by atoms with Crippen LogP contribution in [-0.4, -0.2) is 40.6 Å². The number of aromatic nitrogens is 2.